The van der Waals surface area contributed by atoms with Gasteiger partial charge in [0.2, 0.25) is 0 Å². The molecule has 0 N–H and O–H groups in total. The molecular formula is C11H10NO3. The van der Waals surface area contributed by atoms with Crippen LogP contribution in [0, 0.1) is 0 Å². The molecule has 0 aromatic heterocycles. The van der Waals surface area contributed by atoms with Crippen molar-refractivity contribution in [3.8, 4) is 0 Å². The summed E-state index contributed by atoms with van der Waals surface area (Å²) in [7, 11) is 0. The van der Waals surface area contributed by atoms with E-state index >= 15 is 0 Å². The van der Waals surface area contributed by atoms with E-state index in [1.807, 2.05) is 30.3 Å². The van der Waals surface area contributed by atoms with Gasteiger partial charge in [-0.2, -0.15) is 0 Å². The predicted molar refractivity (Wildman–Crippen MR) is 52.7 cm³/mol. The van der Waals surface area contributed by atoms with E-state index in [2.05, 4.69) is 0 Å². The third-order valence-corrected chi connectivity index (χ3v) is 2.50. The molecule has 1 aromatic rings. The average Bonchev–Trinajstić information content (AvgIpc) is 2.55. The highest BCUT2D eigenvalue weighted by Gasteiger charge is 2.40. The Labute approximate surface area is 87.4 Å². The van der Waals surface area contributed by atoms with Crippen molar-refractivity contribution in [2.24, 2.45) is 0 Å². The lowest BCUT2D eigenvalue weighted by Gasteiger charge is -2.14. The molecule has 2 amide bonds. The van der Waals surface area contributed by atoms with Crippen LogP contribution in [-0.4, -0.2) is 23.4 Å². The lowest BCUT2D eigenvalue weighted by atomic mass is 10.0. The van der Waals surface area contributed by atoms with E-state index < -0.39 is 6.09 Å². The van der Waals surface area contributed by atoms with Gasteiger partial charge in [-0.1, -0.05) is 30.3 Å². The maximum absolute atomic E-state index is 11.2. The van der Waals surface area contributed by atoms with E-state index in [1.54, 1.807) is 13.3 Å². The van der Waals surface area contributed by atoms with Gasteiger partial charge < -0.3 is 4.74 Å². The molecule has 0 bridgehead atoms. The standard InChI is InChI=1S/C11H10NO3/c1-8-10(9-5-3-2-4-6-9)15-11(14)12(8)7-13/h2-6,8,10H,1H3/t8-,10-/m1/s1. The number of carbonyl (C=O) groups excluding carboxylic acids is 2. The van der Waals surface area contributed by atoms with Gasteiger partial charge in [-0.15, -0.1) is 0 Å². The summed E-state index contributed by atoms with van der Waals surface area (Å²) in [6.45, 7) is 1.76. The Morgan fingerprint density at radius 2 is 2.00 bits per heavy atom. The molecule has 0 saturated carbocycles. The molecule has 1 aromatic carbocycles. The molecule has 1 aliphatic heterocycles. The highest BCUT2D eigenvalue weighted by atomic mass is 16.6. The first-order valence-corrected chi connectivity index (χ1v) is 4.66. The Bertz CT molecular complexity index is 377. The van der Waals surface area contributed by atoms with E-state index in [9.17, 15) is 9.59 Å². The number of hydrogen-bond donors (Lipinski definition) is 0. The Balaban J connectivity index is 2.27. The number of amides is 2. The second-order valence-electron chi connectivity index (χ2n) is 3.42. The maximum atomic E-state index is 11.2. The summed E-state index contributed by atoms with van der Waals surface area (Å²) in [5, 5.41) is 0. The van der Waals surface area contributed by atoms with Crippen LogP contribution < -0.4 is 0 Å². The Morgan fingerprint density at radius 1 is 1.33 bits per heavy atom. The largest absolute Gasteiger partial charge is 0.439 e. The summed E-state index contributed by atoms with van der Waals surface area (Å²) < 4.78 is 5.09. The summed E-state index contributed by atoms with van der Waals surface area (Å²) in [4.78, 5) is 22.7. The number of ether oxygens (including phenoxy) is 1. The lowest BCUT2D eigenvalue weighted by Crippen LogP contribution is -2.30. The van der Waals surface area contributed by atoms with Crippen LogP contribution in [0.25, 0.3) is 0 Å². The molecule has 0 aliphatic carbocycles. The van der Waals surface area contributed by atoms with Gasteiger partial charge in [-0.05, 0) is 12.5 Å². The van der Waals surface area contributed by atoms with Crippen molar-refractivity contribution >= 4 is 12.5 Å². The summed E-state index contributed by atoms with van der Waals surface area (Å²) in [6, 6.07) is 9.03. The average molecular weight is 204 g/mol. The molecule has 77 valence electrons. The third-order valence-electron chi connectivity index (χ3n) is 2.50. The van der Waals surface area contributed by atoms with Gasteiger partial charge in [-0.3, -0.25) is 4.79 Å². The van der Waals surface area contributed by atoms with Crippen molar-refractivity contribution in [1.29, 1.82) is 0 Å². The molecule has 1 aliphatic rings. The van der Waals surface area contributed by atoms with E-state index in [-0.39, 0.29) is 12.1 Å². The monoisotopic (exact) mass is 204 g/mol. The predicted octanol–water partition coefficient (Wildman–Crippen LogP) is 1.64. The Hall–Kier alpha value is -1.84. The fraction of sp³-hybridized carbons (Fsp3) is 0.273. The highest BCUT2D eigenvalue weighted by Crippen LogP contribution is 2.30. The minimum atomic E-state index is -0.633. The fourth-order valence-corrected chi connectivity index (χ4v) is 1.68. The van der Waals surface area contributed by atoms with Crippen LogP contribution in [0.3, 0.4) is 0 Å². The van der Waals surface area contributed by atoms with Crippen molar-refractivity contribution in [1.82, 2.24) is 4.90 Å². The quantitative estimate of drug-likeness (QED) is 0.735. The van der Waals surface area contributed by atoms with Crippen molar-refractivity contribution in [3.05, 3.63) is 35.9 Å². The van der Waals surface area contributed by atoms with E-state index in [1.165, 1.54) is 0 Å². The van der Waals surface area contributed by atoms with Gasteiger partial charge in [0.25, 0.3) is 0 Å². The topological polar surface area (TPSA) is 46.6 Å². The highest BCUT2D eigenvalue weighted by molar-refractivity contribution is 5.83. The molecule has 1 heterocycles. The van der Waals surface area contributed by atoms with E-state index in [0.717, 1.165) is 10.5 Å². The first-order valence-electron chi connectivity index (χ1n) is 4.66. The molecule has 2 atom stereocenters. The van der Waals surface area contributed by atoms with Gasteiger partial charge in [-0.25, -0.2) is 9.69 Å². The SMILES string of the molecule is C[C@@H]1[C@H](c2ccccc2)OC(=O)N1[C]=O. The lowest BCUT2D eigenvalue weighted by molar-refractivity contribution is 0.132. The smallest absolute Gasteiger partial charge is 0.418 e. The number of cyclic esters (lactones) is 1. The summed E-state index contributed by atoms with van der Waals surface area (Å²) in [5.74, 6) is 0. The molecule has 1 radical (unpaired) electrons. The minimum Gasteiger partial charge on any atom is -0.439 e. The van der Waals surface area contributed by atoms with Crippen LogP contribution in [0.5, 0.6) is 0 Å². The van der Waals surface area contributed by atoms with Crippen LogP contribution in [0.2, 0.25) is 0 Å². The van der Waals surface area contributed by atoms with Crippen molar-refractivity contribution in [3.63, 3.8) is 0 Å². The summed E-state index contributed by atoms with van der Waals surface area (Å²) >= 11 is 0. The molecule has 0 spiro atoms. The minimum absolute atomic E-state index is 0.308. The molecule has 0 unspecified atom stereocenters. The molecule has 2 rings (SSSR count). The molecule has 1 saturated heterocycles. The van der Waals surface area contributed by atoms with Crippen LogP contribution in [0.15, 0.2) is 30.3 Å². The van der Waals surface area contributed by atoms with E-state index in [4.69, 9.17) is 4.74 Å². The second kappa shape index (κ2) is 3.73. The number of rotatable bonds is 2. The number of hydrogen-bond acceptors (Lipinski definition) is 3. The maximum Gasteiger partial charge on any atom is 0.418 e. The zero-order valence-electron chi connectivity index (χ0n) is 8.21. The first kappa shape index (κ1) is 9.71. The van der Waals surface area contributed by atoms with Crippen LogP contribution in [-0.2, 0) is 9.53 Å². The number of nitrogens with zero attached hydrogens (tertiary/aromatic N) is 1. The van der Waals surface area contributed by atoms with E-state index in [0.29, 0.717) is 0 Å². The van der Waals surface area contributed by atoms with Crippen LogP contribution in [0.4, 0.5) is 4.79 Å². The van der Waals surface area contributed by atoms with Gasteiger partial charge in [0, 0.05) is 0 Å². The molecule has 4 nitrogen and oxygen atoms in total. The van der Waals surface area contributed by atoms with Crippen molar-refractivity contribution in [2.75, 3.05) is 0 Å². The van der Waals surface area contributed by atoms with Gasteiger partial charge >= 0.3 is 12.5 Å². The number of imide groups is 1. The normalized spacial score (nSPS) is 25.1. The molecule has 15 heavy (non-hydrogen) atoms. The Morgan fingerprint density at radius 3 is 2.53 bits per heavy atom. The van der Waals surface area contributed by atoms with Crippen LogP contribution >= 0.6 is 0 Å². The van der Waals surface area contributed by atoms with Gasteiger partial charge in [0.1, 0.15) is 6.10 Å². The van der Waals surface area contributed by atoms with Crippen molar-refractivity contribution < 1.29 is 14.3 Å². The molecular weight excluding hydrogens is 194 g/mol. The van der Waals surface area contributed by atoms with Gasteiger partial charge in [0.05, 0.1) is 6.04 Å². The molecule has 4 heteroatoms. The third kappa shape index (κ3) is 1.58. The number of carbonyl (C=O) groups is 1. The van der Waals surface area contributed by atoms with Crippen molar-refractivity contribution in [2.45, 2.75) is 19.1 Å². The summed E-state index contributed by atoms with van der Waals surface area (Å²) in [6.07, 6.45) is 0.550. The molecule has 1 fully saturated rings. The zero-order chi connectivity index (χ0) is 10.8. The zero-order valence-corrected chi connectivity index (χ0v) is 8.21. The summed E-state index contributed by atoms with van der Waals surface area (Å²) in [5.41, 5.74) is 0.885. The number of benzene rings is 1. The Kier molecular flexibility index (Phi) is 2.41. The first-order chi connectivity index (χ1) is 7.24. The van der Waals surface area contributed by atoms with Crippen LogP contribution in [0.1, 0.15) is 18.6 Å². The second-order valence-corrected chi connectivity index (χ2v) is 3.42. The fourth-order valence-electron chi connectivity index (χ4n) is 1.68. The van der Waals surface area contributed by atoms with Gasteiger partial charge in [0.15, 0.2) is 0 Å².